The van der Waals surface area contributed by atoms with E-state index in [2.05, 4.69) is 95.6 Å². The van der Waals surface area contributed by atoms with Crippen LogP contribution in [-0.2, 0) is 0 Å². The van der Waals surface area contributed by atoms with Crippen LogP contribution in [0.3, 0.4) is 0 Å². The third kappa shape index (κ3) is 4.13. The molecule has 0 bridgehead atoms. The van der Waals surface area contributed by atoms with Crippen LogP contribution in [0.15, 0.2) is 160 Å². The van der Waals surface area contributed by atoms with Gasteiger partial charge >= 0.3 is 0 Å². The summed E-state index contributed by atoms with van der Waals surface area (Å²) < 4.78 is 38.6. The second kappa shape index (κ2) is 10.3. The number of aromatic nitrogens is 2. The first-order valence-corrected chi connectivity index (χ1v) is 16.0. The van der Waals surface area contributed by atoms with Gasteiger partial charge in [-0.2, -0.15) is 0 Å². The van der Waals surface area contributed by atoms with Gasteiger partial charge in [0.2, 0.25) is 0 Å². The first-order chi connectivity index (χ1) is 24.9. The smallest absolute Gasteiger partial charge is 0.149 e. The van der Waals surface area contributed by atoms with Gasteiger partial charge in [-0.25, -0.2) is 4.98 Å². The average Bonchev–Trinajstić information content (AvgIpc) is 3.85. The molecule has 4 nitrogen and oxygen atoms in total. The van der Waals surface area contributed by atoms with Crippen molar-refractivity contribution in [3.63, 3.8) is 0 Å². The predicted octanol–water partition coefficient (Wildman–Crippen LogP) is 12.1. The van der Waals surface area contributed by atoms with E-state index in [0.29, 0.717) is 16.7 Å². The van der Waals surface area contributed by atoms with Crippen molar-refractivity contribution >= 4 is 54.9 Å². The van der Waals surface area contributed by atoms with E-state index < -0.39 is 6.85 Å². The highest BCUT2D eigenvalue weighted by Crippen LogP contribution is 2.40. The number of nitrogens with zero attached hydrogens (tertiary/aromatic N) is 2. The number of aryl methyl sites for hydroxylation is 1. The summed E-state index contributed by atoms with van der Waals surface area (Å²) in [5, 5.41) is 3.71. The van der Waals surface area contributed by atoms with Gasteiger partial charge in [-0.15, -0.1) is 0 Å². The lowest BCUT2D eigenvalue weighted by atomic mass is 10.0. The molecule has 0 N–H and O–H groups in total. The number of fused-ring (bicyclic) bond motifs is 7. The van der Waals surface area contributed by atoms with Crippen molar-refractivity contribution in [3.8, 4) is 39.3 Å². The van der Waals surface area contributed by atoms with E-state index in [-0.39, 0.29) is 0 Å². The molecule has 7 aromatic carbocycles. The number of imidazole rings is 1. The maximum Gasteiger partial charge on any atom is 0.149 e. The molecule has 4 heteroatoms. The van der Waals surface area contributed by atoms with Crippen LogP contribution in [0.2, 0.25) is 0 Å². The highest BCUT2D eigenvalue weighted by atomic mass is 16.3. The van der Waals surface area contributed by atoms with Gasteiger partial charge in [0.15, 0.2) is 0 Å². The molecule has 0 aliphatic rings. The standard InChI is InChI=1S/C44H28N2O2/c1-27-17-22-40-37(23-27)34-21-19-30(25-41(34)47-40)31-18-20-33-35-13-8-14-36(43(35)48-42(33)26-31)44-45-38-15-5-6-16-39(38)46(44)32-12-7-11-29(24-32)28-9-3-2-4-10-28/h2-26H,1H3/i1D3. The Morgan fingerprint density at radius 1 is 0.521 bits per heavy atom. The lowest BCUT2D eigenvalue weighted by Crippen LogP contribution is -1.98. The van der Waals surface area contributed by atoms with Crippen molar-refractivity contribution in [1.29, 1.82) is 0 Å². The molecule has 0 radical (unpaired) electrons. The highest BCUT2D eigenvalue weighted by molar-refractivity contribution is 6.11. The van der Waals surface area contributed by atoms with E-state index in [4.69, 9.17) is 17.9 Å². The topological polar surface area (TPSA) is 44.1 Å². The zero-order chi connectivity index (χ0) is 34.3. The summed E-state index contributed by atoms with van der Waals surface area (Å²) in [4.78, 5) is 5.17. The largest absolute Gasteiger partial charge is 0.456 e. The average molecular weight is 620 g/mol. The fourth-order valence-corrected chi connectivity index (χ4v) is 7.03. The molecule has 3 heterocycles. The second-order valence-electron chi connectivity index (χ2n) is 12.2. The lowest BCUT2D eigenvalue weighted by Gasteiger charge is -2.12. The fourth-order valence-electron chi connectivity index (χ4n) is 7.03. The number of hydrogen-bond donors (Lipinski definition) is 0. The molecule has 0 unspecified atom stereocenters. The molecule has 0 aliphatic carbocycles. The van der Waals surface area contributed by atoms with Crippen molar-refractivity contribution in [2.24, 2.45) is 0 Å². The molecule has 0 amide bonds. The zero-order valence-corrected chi connectivity index (χ0v) is 25.6. The third-order valence-corrected chi connectivity index (χ3v) is 9.32. The van der Waals surface area contributed by atoms with Crippen molar-refractivity contribution < 1.29 is 12.9 Å². The van der Waals surface area contributed by atoms with E-state index in [9.17, 15) is 0 Å². The summed E-state index contributed by atoms with van der Waals surface area (Å²) in [5.74, 6) is 0.809. The van der Waals surface area contributed by atoms with Gasteiger partial charge in [-0.1, -0.05) is 90.5 Å². The summed E-state index contributed by atoms with van der Waals surface area (Å²) in [6, 6.07) is 50.8. The normalized spacial score (nSPS) is 13.0. The molecule has 0 saturated heterocycles. The van der Waals surface area contributed by atoms with Gasteiger partial charge in [-0.3, -0.25) is 4.57 Å². The monoisotopic (exact) mass is 619 g/mol. The Labute approximate surface area is 280 Å². The summed E-state index contributed by atoms with van der Waals surface area (Å²) in [7, 11) is 0. The number of benzene rings is 7. The van der Waals surface area contributed by atoms with Gasteiger partial charge < -0.3 is 8.83 Å². The van der Waals surface area contributed by atoms with E-state index in [0.717, 1.165) is 83.1 Å². The van der Waals surface area contributed by atoms with Gasteiger partial charge in [0.1, 0.15) is 28.2 Å². The summed E-state index contributed by atoms with van der Waals surface area (Å²) in [6.07, 6.45) is 0. The fraction of sp³-hybridized carbons (Fsp3) is 0.0227. The van der Waals surface area contributed by atoms with Crippen molar-refractivity contribution in [2.75, 3.05) is 0 Å². The Hall–Kier alpha value is -6.39. The number of para-hydroxylation sites is 3. The van der Waals surface area contributed by atoms with Crippen molar-refractivity contribution in [1.82, 2.24) is 9.55 Å². The minimum absolute atomic E-state index is 0.299. The van der Waals surface area contributed by atoms with Crippen LogP contribution in [0, 0.1) is 6.85 Å². The van der Waals surface area contributed by atoms with E-state index in [1.807, 2.05) is 42.5 Å². The lowest BCUT2D eigenvalue weighted by molar-refractivity contribution is 0.668. The minimum Gasteiger partial charge on any atom is -0.456 e. The van der Waals surface area contributed by atoms with Crippen molar-refractivity contribution in [2.45, 2.75) is 6.85 Å². The van der Waals surface area contributed by atoms with Crippen LogP contribution in [0.1, 0.15) is 9.68 Å². The highest BCUT2D eigenvalue weighted by Gasteiger charge is 2.20. The maximum atomic E-state index is 7.83. The molecule has 10 aromatic rings. The molecule has 0 saturated carbocycles. The van der Waals surface area contributed by atoms with Crippen molar-refractivity contribution in [3.05, 3.63) is 157 Å². The molecule has 48 heavy (non-hydrogen) atoms. The minimum atomic E-state index is -2.18. The predicted molar refractivity (Wildman–Crippen MR) is 197 cm³/mol. The molecule has 0 fully saturated rings. The third-order valence-electron chi connectivity index (χ3n) is 9.32. The van der Waals surface area contributed by atoms with Gasteiger partial charge in [0.05, 0.1) is 16.6 Å². The Kier molecular flexibility index (Phi) is 5.13. The Morgan fingerprint density at radius 2 is 1.25 bits per heavy atom. The van der Waals surface area contributed by atoms with Crippen LogP contribution in [0.25, 0.3) is 94.2 Å². The van der Waals surface area contributed by atoms with Crippen LogP contribution < -0.4 is 0 Å². The number of hydrogen-bond acceptors (Lipinski definition) is 3. The van der Waals surface area contributed by atoms with Crippen LogP contribution in [-0.4, -0.2) is 9.55 Å². The number of furan rings is 2. The Bertz CT molecular complexity index is 2970. The quantitative estimate of drug-likeness (QED) is 0.197. The van der Waals surface area contributed by atoms with E-state index >= 15 is 0 Å². The van der Waals surface area contributed by atoms with Crippen LogP contribution >= 0.6 is 0 Å². The molecule has 0 atom stereocenters. The molecule has 0 spiro atoms. The first kappa shape index (κ1) is 23.9. The molecule has 0 aliphatic heterocycles. The summed E-state index contributed by atoms with van der Waals surface area (Å²) in [6.45, 7) is -2.18. The van der Waals surface area contributed by atoms with Crippen LogP contribution in [0.4, 0.5) is 0 Å². The molecule has 3 aromatic heterocycles. The Morgan fingerprint density at radius 3 is 2.10 bits per heavy atom. The zero-order valence-electron chi connectivity index (χ0n) is 28.6. The van der Waals surface area contributed by atoms with E-state index in [1.54, 1.807) is 18.2 Å². The molecule has 226 valence electrons. The van der Waals surface area contributed by atoms with Gasteiger partial charge in [0, 0.05) is 31.3 Å². The summed E-state index contributed by atoms with van der Waals surface area (Å²) >= 11 is 0. The SMILES string of the molecule is [2H]C([2H])([2H])c1ccc2oc3cc(-c4ccc5c(c4)oc4c(-c6nc7ccccc7n6-c6cccc(-c7ccccc7)c6)cccc45)ccc3c2c1. The molecule has 10 rings (SSSR count). The maximum absolute atomic E-state index is 7.83. The second-order valence-corrected chi connectivity index (χ2v) is 12.2. The van der Waals surface area contributed by atoms with Gasteiger partial charge in [-0.05, 0) is 95.8 Å². The molecular formula is C44H28N2O2. The molecular weight excluding hydrogens is 588 g/mol. The summed E-state index contributed by atoms with van der Waals surface area (Å²) in [5.41, 5.74) is 11.3. The van der Waals surface area contributed by atoms with E-state index in [1.165, 1.54) is 0 Å². The first-order valence-electron chi connectivity index (χ1n) is 17.5. The van der Waals surface area contributed by atoms with Gasteiger partial charge in [0.25, 0.3) is 0 Å². The Balaban J connectivity index is 1.10. The van der Waals surface area contributed by atoms with Crippen LogP contribution in [0.5, 0.6) is 0 Å². The number of rotatable bonds is 4.